The van der Waals surface area contributed by atoms with Gasteiger partial charge < -0.3 is 5.32 Å². The minimum atomic E-state index is -4.03. The van der Waals surface area contributed by atoms with Crippen LogP contribution in [0.3, 0.4) is 0 Å². The van der Waals surface area contributed by atoms with Crippen LogP contribution >= 0.6 is 0 Å². The van der Waals surface area contributed by atoms with E-state index in [9.17, 15) is 13.2 Å². The first-order chi connectivity index (χ1) is 9.24. The quantitative estimate of drug-likeness (QED) is 0.802. The average molecular weight is 289 g/mol. The third-order valence-electron chi connectivity index (χ3n) is 6.20. The van der Waals surface area contributed by atoms with E-state index in [1.807, 2.05) is 7.05 Å². The SMILES string of the molecule is CNC(CCC(F)(F)F)C12CC3CC(CC(C)(C3)C1)C2. The maximum absolute atomic E-state index is 12.6. The zero-order chi connectivity index (χ0) is 14.6. The van der Waals surface area contributed by atoms with E-state index in [0.717, 1.165) is 31.1 Å². The molecule has 4 fully saturated rings. The van der Waals surface area contributed by atoms with Crippen molar-refractivity contribution in [3.63, 3.8) is 0 Å². The zero-order valence-electron chi connectivity index (χ0n) is 12.5. The van der Waals surface area contributed by atoms with Crippen LogP contribution in [0.15, 0.2) is 0 Å². The zero-order valence-corrected chi connectivity index (χ0v) is 12.5. The largest absolute Gasteiger partial charge is 0.389 e. The molecule has 0 aromatic heterocycles. The van der Waals surface area contributed by atoms with Gasteiger partial charge in [0.2, 0.25) is 0 Å². The number of rotatable bonds is 4. The molecule has 3 atom stereocenters. The van der Waals surface area contributed by atoms with Gasteiger partial charge in [-0.3, -0.25) is 0 Å². The molecule has 3 unspecified atom stereocenters. The summed E-state index contributed by atoms with van der Waals surface area (Å²) in [5.74, 6) is 1.53. The summed E-state index contributed by atoms with van der Waals surface area (Å²) in [6, 6.07) is 0.0364. The molecule has 0 radical (unpaired) electrons. The first-order valence-electron chi connectivity index (χ1n) is 7.98. The summed E-state index contributed by atoms with van der Waals surface area (Å²) in [5.41, 5.74) is 0.538. The fourth-order valence-corrected chi connectivity index (χ4v) is 6.27. The lowest BCUT2D eigenvalue weighted by atomic mass is 9.43. The van der Waals surface area contributed by atoms with Crippen LogP contribution in [0.2, 0.25) is 0 Å². The smallest absolute Gasteiger partial charge is 0.316 e. The molecule has 0 aromatic rings. The van der Waals surface area contributed by atoms with E-state index in [0.29, 0.717) is 5.41 Å². The van der Waals surface area contributed by atoms with Crippen LogP contribution in [-0.2, 0) is 0 Å². The van der Waals surface area contributed by atoms with E-state index >= 15 is 0 Å². The van der Waals surface area contributed by atoms with Gasteiger partial charge in [0.15, 0.2) is 0 Å². The summed E-state index contributed by atoms with van der Waals surface area (Å²) < 4.78 is 37.7. The number of hydrogen-bond donors (Lipinski definition) is 1. The highest BCUT2D eigenvalue weighted by molar-refractivity contribution is 5.09. The lowest BCUT2D eigenvalue weighted by molar-refractivity contribution is -0.148. The first-order valence-corrected chi connectivity index (χ1v) is 7.98. The Hall–Kier alpha value is -0.250. The van der Waals surface area contributed by atoms with Gasteiger partial charge in [0.05, 0.1) is 0 Å². The van der Waals surface area contributed by atoms with E-state index in [1.165, 1.54) is 19.3 Å². The molecule has 4 saturated carbocycles. The predicted octanol–water partition coefficient (Wildman–Crippen LogP) is 4.52. The fourth-order valence-electron chi connectivity index (χ4n) is 6.27. The molecule has 0 amide bonds. The molecule has 4 aliphatic carbocycles. The number of alkyl halides is 3. The van der Waals surface area contributed by atoms with Gasteiger partial charge in [-0.25, -0.2) is 0 Å². The highest BCUT2D eigenvalue weighted by Gasteiger charge is 2.58. The average Bonchev–Trinajstić information content (AvgIpc) is 2.23. The lowest BCUT2D eigenvalue weighted by Gasteiger charge is -2.63. The number of halogens is 3. The molecule has 116 valence electrons. The molecule has 1 nitrogen and oxygen atoms in total. The van der Waals surface area contributed by atoms with E-state index in [-0.39, 0.29) is 17.9 Å². The second kappa shape index (κ2) is 4.62. The van der Waals surface area contributed by atoms with Gasteiger partial charge in [0, 0.05) is 12.5 Å². The first kappa shape index (κ1) is 14.7. The molecule has 0 spiro atoms. The van der Waals surface area contributed by atoms with Crippen LogP contribution in [-0.4, -0.2) is 19.3 Å². The normalized spacial score (nSPS) is 44.9. The summed E-state index contributed by atoms with van der Waals surface area (Å²) in [6.45, 7) is 2.37. The maximum atomic E-state index is 12.6. The summed E-state index contributed by atoms with van der Waals surface area (Å²) in [6.07, 6.45) is 2.96. The van der Waals surface area contributed by atoms with E-state index in [4.69, 9.17) is 0 Å². The Morgan fingerprint density at radius 3 is 2.20 bits per heavy atom. The molecule has 20 heavy (non-hydrogen) atoms. The van der Waals surface area contributed by atoms with Crippen molar-refractivity contribution in [2.45, 2.75) is 70.5 Å². The van der Waals surface area contributed by atoms with Crippen molar-refractivity contribution in [2.24, 2.45) is 22.7 Å². The third-order valence-corrected chi connectivity index (χ3v) is 6.20. The Kier molecular flexibility index (Phi) is 3.39. The predicted molar refractivity (Wildman–Crippen MR) is 73.4 cm³/mol. The van der Waals surface area contributed by atoms with Crippen LogP contribution in [0.25, 0.3) is 0 Å². The van der Waals surface area contributed by atoms with Gasteiger partial charge in [-0.2, -0.15) is 13.2 Å². The Morgan fingerprint density at radius 1 is 1.15 bits per heavy atom. The topological polar surface area (TPSA) is 12.0 Å². The highest BCUT2D eigenvalue weighted by atomic mass is 19.4. The Bertz CT molecular complexity index is 362. The van der Waals surface area contributed by atoms with Gasteiger partial charge in [-0.1, -0.05) is 6.92 Å². The van der Waals surface area contributed by atoms with Crippen LogP contribution in [0, 0.1) is 22.7 Å². The minimum Gasteiger partial charge on any atom is -0.316 e. The molecule has 4 aliphatic rings. The minimum absolute atomic E-state index is 0.0364. The third kappa shape index (κ3) is 2.60. The second-order valence-electron chi connectivity index (χ2n) is 8.13. The molecule has 4 bridgehead atoms. The molecule has 0 aliphatic heterocycles. The highest BCUT2D eigenvalue weighted by Crippen LogP contribution is 2.66. The summed E-state index contributed by atoms with van der Waals surface area (Å²) >= 11 is 0. The Balaban J connectivity index is 1.77. The van der Waals surface area contributed by atoms with Crippen molar-refractivity contribution >= 4 is 0 Å². The van der Waals surface area contributed by atoms with Crippen LogP contribution in [0.5, 0.6) is 0 Å². The molecule has 4 rings (SSSR count). The van der Waals surface area contributed by atoms with Gasteiger partial charge >= 0.3 is 6.18 Å². The van der Waals surface area contributed by atoms with E-state index in [1.54, 1.807) is 0 Å². The van der Waals surface area contributed by atoms with Gasteiger partial charge in [-0.05, 0) is 74.7 Å². The Morgan fingerprint density at radius 2 is 1.75 bits per heavy atom. The summed E-state index contributed by atoms with van der Waals surface area (Å²) in [4.78, 5) is 0. The fraction of sp³-hybridized carbons (Fsp3) is 1.00. The number of nitrogens with one attached hydrogen (secondary N) is 1. The van der Waals surface area contributed by atoms with Crippen molar-refractivity contribution in [3.05, 3.63) is 0 Å². The van der Waals surface area contributed by atoms with Crippen molar-refractivity contribution in [1.29, 1.82) is 0 Å². The second-order valence-corrected chi connectivity index (χ2v) is 8.13. The summed E-state index contributed by atoms with van der Waals surface area (Å²) in [5, 5.41) is 3.25. The summed E-state index contributed by atoms with van der Waals surface area (Å²) in [7, 11) is 1.85. The van der Waals surface area contributed by atoms with Gasteiger partial charge in [-0.15, -0.1) is 0 Å². The molecule has 0 saturated heterocycles. The Labute approximate surface area is 119 Å². The monoisotopic (exact) mass is 289 g/mol. The molecular formula is C16H26F3N. The van der Waals surface area contributed by atoms with E-state index in [2.05, 4.69) is 12.2 Å². The molecular weight excluding hydrogens is 263 g/mol. The van der Waals surface area contributed by atoms with Crippen LogP contribution < -0.4 is 5.32 Å². The van der Waals surface area contributed by atoms with Crippen LogP contribution in [0.4, 0.5) is 13.2 Å². The molecule has 0 heterocycles. The molecule has 1 N–H and O–H groups in total. The number of hydrogen-bond acceptors (Lipinski definition) is 1. The molecule has 4 heteroatoms. The van der Waals surface area contributed by atoms with Crippen molar-refractivity contribution < 1.29 is 13.2 Å². The maximum Gasteiger partial charge on any atom is 0.389 e. The van der Waals surface area contributed by atoms with Gasteiger partial charge in [0.1, 0.15) is 0 Å². The standard InChI is InChI=1S/C16H26F3N/c1-14-6-11-5-12(7-14)9-15(8-11,10-14)13(20-2)3-4-16(17,18)19/h11-13,20H,3-10H2,1-2H3. The lowest BCUT2D eigenvalue weighted by Crippen LogP contribution is -2.58. The van der Waals surface area contributed by atoms with E-state index < -0.39 is 12.6 Å². The molecule has 0 aromatic carbocycles. The van der Waals surface area contributed by atoms with Crippen molar-refractivity contribution in [3.8, 4) is 0 Å². The van der Waals surface area contributed by atoms with Crippen molar-refractivity contribution in [2.75, 3.05) is 7.05 Å². The van der Waals surface area contributed by atoms with Crippen LogP contribution in [0.1, 0.15) is 58.3 Å². The van der Waals surface area contributed by atoms with Gasteiger partial charge in [0.25, 0.3) is 0 Å². The van der Waals surface area contributed by atoms with Crippen molar-refractivity contribution in [1.82, 2.24) is 5.32 Å².